The largest absolute Gasteiger partial charge is 0.500 e. The summed E-state index contributed by atoms with van der Waals surface area (Å²) < 4.78 is 22.7. The first kappa shape index (κ1) is 25.6. The Morgan fingerprint density at radius 3 is 2.38 bits per heavy atom. The van der Waals surface area contributed by atoms with Gasteiger partial charge in [-0.15, -0.1) is 0 Å². The van der Waals surface area contributed by atoms with Crippen molar-refractivity contribution in [3.8, 4) is 0 Å². The van der Waals surface area contributed by atoms with Crippen LogP contribution >= 0.6 is 0 Å². The highest BCUT2D eigenvalue weighted by atomic mass is 16.8. The van der Waals surface area contributed by atoms with E-state index in [0.29, 0.717) is 17.7 Å². The highest BCUT2D eigenvalue weighted by Gasteiger charge is 2.40. The number of ether oxygens (including phenoxy) is 4. The van der Waals surface area contributed by atoms with E-state index in [1.807, 2.05) is 24.3 Å². The fourth-order valence-corrected chi connectivity index (χ4v) is 3.33. The van der Waals surface area contributed by atoms with Crippen LogP contribution in [0.25, 0.3) is 0 Å². The SMILES string of the molecule is CCCC1=CC(C=CC(=O)c2ccccc2)=C(OC)C[C@@]1(OC)OCOC(=O)C(C)(C)C. The molecule has 0 saturated carbocycles. The van der Waals surface area contributed by atoms with Gasteiger partial charge in [-0.3, -0.25) is 9.59 Å². The molecule has 1 atom stereocenters. The van der Waals surface area contributed by atoms with Crippen molar-refractivity contribution in [2.45, 2.75) is 52.7 Å². The molecule has 0 radical (unpaired) electrons. The number of esters is 1. The molecule has 1 aliphatic carbocycles. The molecule has 1 aromatic rings. The standard InChI is InChI=1S/C26H34O6/c1-7-11-21-16-20(14-15-22(27)19-12-9-8-10-13-19)23(29-5)17-26(21,30-6)32-18-31-24(28)25(2,3)4/h8-10,12-16H,7,11,17-18H2,1-6H3/t26-/m1/s1. The second-order valence-electron chi connectivity index (χ2n) is 8.64. The number of hydrogen-bond donors (Lipinski definition) is 0. The maximum Gasteiger partial charge on any atom is 0.313 e. The Labute approximate surface area is 190 Å². The molecule has 0 N–H and O–H groups in total. The zero-order valence-corrected chi connectivity index (χ0v) is 19.9. The Morgan fingerprint density at radius 2 is 1.81 bits per heavy atom. The van der Waals surface area contributed by atoms with Gasteiger partial charge in [0.25, 0.3) is 0 Å². The Balaban J connectivity index is 2.26. The van der Waals surface area contributed by atoms with E-state index in [9.17, 15) is 9.59 Å². The van der Waals surface area contributed by atoms with E-state index in [0.717, 1.165) is 17.6 Å². The summed E-state index contributed by atoms with van der Waals surface area (Å²) >= 11 is 0. The molecule has 0 unspecified atom stereocenters. The lowest BCUT2D eigenvalue weighted by Gasteiger charge is -2.38. The van der Waals surface area contributed by atoms with Gasteiger partial charge in [-0.2, -0.15) is 0 Å². The van der Waals surface area contributed by atoms with Crippen molar-refractivity contribution in [2.24, 2.45) is 5.41 Å². The summed E-state index contributed by atoms with van der Waals surface area (Å²) in [6, 6.07) is 9.09. The number of carbonyl (C=O) groups is 2. The van der Waals surface area contributed by atoms with Gasteiger partial charge in [0, 0.05) is 18.2 Å². The average Bonchev–Trinajstić information content (AvgIpc) is 2.78. The first-order chi connectivity index (χ1) is 15.2. The van der Waals surface area contributed by atoms with Crippen LogP contribution < -0.4 is 0 Å². The number of ketones is 1. The molecule has 32 heavy (non-hydrogen) atoms. The van der Waals surface area contributed by atoms with Crippen LogP contribution in [0.5, 0.6) is 0 Å². The van der Waals surface area contributed by atoms with Crippen LogP contribution in [0.15, 0.2) is 65.5 Å². The van der Waals surface area contributed by atoms with Crippen LogP contribution in [0.4, 0.5) is 0 Å². The molecule has 174 valence electrons. The van der Waals surface area contributed by atoms with Crippen molar-refractivity contribution >= 4 is 11.8 Å². The third kappa shape index (κ3) is 6.40. The topological polar surface area (TPSA) is 71.1 Å². The zero-order valence-electron chi connectivity index (χ0n) is 19.9. The number of benzene rings is 1. The second-order valence-corrected chi connectivity index (χ2v) is 8.64. The molecule has 0 heterocycles. The van der Waals surface area contributed by atoms with Crippen molar-refractivity contribution in [2.75, 3.05) is 21.0 Å². The molecular formula is C26H34O6. The predicted molar refractivity (Wildman–Crippen MR) is 123 cm³/mol. The van der Waals surface area contributed by atoms with Crippen LogP contribution in [0.3, 0.4) is 0 Å². The van der Waals surface area contributed by atoms with Gasteiger partial charge in [0.2, 0.25) is 5.79 Å². The van der Waals surface area contributed by atoms with Crippen LogP contribution in [0.2, 0.25) is 0 Å². The van der Waals surface area contributed by atoms with E-state index >= 15 is 0 Å². The van der Waals surface area contributed by atoms with Crippen molar-refractivity contribution in [3.63, 3.8) is 0 Å². The lowest BCUT2D eigenvalue weighted by Crippen LogP contribution is -2.41. The second kappa shape index (κ2) is 11.2. The number of allylic oxidation sites excluding steroid dienone is 4. The van der Waals surface area contributed by atoms with Gasteiger partial charge in [0.15, 0.2) is 12.6 Å². The average molecular weight is 443 g/mol. The molecule has 0 aliphatic heterocycles. The smallest absolute Gasteiger partial charge is 0.313 e. The van der Waals surface area contributed by atoms with Gasteiger partial charge >= 0.3 is 5.97 Å². The maximum absolute atomic E-state index is 12.5. The Morgan fingerprint density at radius 1 is 1.12 bits per heavy atom. The van der Waals surface area contributed by atoms with Gasteiger partial charge in [-0.25, -0.2) is 0 Å². The van der Waals surface area contributed by atoms with Crippen LogP contribution in [-0.4, -0.2) is 38.6 Å². The maximum atomic E-state index is 12.5. The van der Waals surface area contributed by atoms with Gasteiger partial charge in [0.05, 0.1) is 18.9 Å². The van der Waals surface area contributed by atoms with Crippen LogP contribution in [-0.2, 0) is 23.7 Å². The Hall–Kier alpha value is -2.70. The Kier molecular flexibility index (Phi) is 8.99. The van der Waals surface area contributed by atoms with E-state index in [-0.39, 0.29) is 25.0 Å². The van der Waals surface area contributed by atoms with E-state index < -0.39 is 11.2 Å². The van der Waals surface area contributed by atoms with Crippen molar-refractivity contribution in [1.29, 1.82) is 0 Å². The molecule has 6 nitrogen and oxygen atoms in total. The summed E-state index contributed by atoms with van der Waals surface area (Å²) in [6.45, 7) is 7.17. The first-order valence-electron chi connectivity index (χ1n) is 10.8. The molecule has 0 aromatic heterocycles. The summed E-state index contributed by atoms with van der Waals surface area (Å²) in [7, 11) is 3.13. The fourth-order valence-electron chi connectivity index (χ4n) is 3.33. The van der Waals surface area contributed by atoms with E-state index in [2.05, 4.69) is 6.92 Å². The molecule has 2 rings (SSSR count). The van der Waals surface area contributed by atoms with Crippen molar-refractivity contribution in [3.05, 3.63) is 71.0 Å². The summed E-state index contributed by atoms with van der Waals surface area (Å²) in [6.07, 6.45) is 7.08. The molecule has 6 heteroatoms. The molecule has 0 amide bonds. The molecule has 1 aromatic carbocycles. The molecule has 0 saturated heterocycles. The predicted octanol–water partition coefficient (Wildman–Crippen LogP) is 5.36. The van der Waals surface area contributed by atoms with Gasteiger partial charge in [-0.05, 0) is 51.0 Å². The minimum Gasteiger partial charge on any atom is -0.500 e. The van der Waals surface area contributed by atoms with Gasteiger partial charge < -0.3 is 18.9 Å². The molecule has 1 aliphatic rings. The number of methoxy groups -OCH3 is 2. The number of carbonyl (C=O) groups excluding carboxylic acids is 2. The minimum atomic E-state index is -1.11. The monoisotopic (exact) mass is 442 g/mol. The quantitative estimate of drug-likeness (QED) is 0.210. The van der Waals surface area contributed by atoms with Crippen molar-refractivity contribution < 1.29 is 28.5 Å². The minimum absolute atomic E-state index is 0.0899. The third-order valence-corrected chi connectivity index (χ3v) is 5.20. The molecular weight excluding hydrogens is 408 g/mol. The number of hydrogen-bond acceptors (Lipinski definition) is 6. The number of rotatable bonds is 10. The normalized spacial score (nSPS) is 19.1. The summed E-state index contributed by atoms with van der Waals surface area (Å²) in [4.78, 5) is 24.6. The van der Waals surface area contributed by atoms with E-state index in [1.54, 1.807) is 53.2 Å². The summed E-state index contributed by atoms with van der Waals surface area (Å²) in [5, 5.41) is 0. The molecule has 0 fully saturated rings. The highest BCUT2D eigenvalue weighted by molar-refractivity contribution is 6.04. The third-order valence-electron chi connectivity index (χ3n) is 5.20. The van der Waals surface area contributed by atoms with Crippen molar-refractivity contribution in [1.82, 2.24) is 0 Å². The summed E-state index contributed by atoms with van der Waals surface area (Å²) in [5.41, 5.74) is 1.66. The van der Waals surface area contributed by atoms with Crippen LogP contribution in [0.1, 0.15) is 57.3 Å². The lowest BCUT2D eigenvalue weighted by atomic mass is 9.88. The van der Waals surface area contributed by atoms with E-state index in [1.165, 1.54) is 6.08 Å². The Bertz CT molecular complexity index is 889. The zero-order chi connectivity index (χ0) is 23.8. The lowest BCUT2D eigenvalue weighted by molar-refractivity contribution is -0.243. The molecule has 0 bridgehead atoms. The highest BCUT2D eigenvalue weighted by Crippen LogP contribution is 2.39. The van der Waals surface area contributed by atoms with E-state index in [4.69, 9.17) is 18.9 Å². The summed E-state index contributed by atoms with van der Waals surface area (Å²) in [5.74, 6) is -0.940. The molecule has 0 spiro atoms. The van der Waals surface area contributed by atoms with Crippen LogP contribution in [0, 0.1) is 5.41 Å². The first-order valence-corrected chi connectivity index (χ1v) is 10.8. The fraction of sp³-hybridized carbons (Fsp3) is 0.462. The van der Waals surface area contributed by atoms with Gasteiger partial charge in [-0.1, -0.05) is 43.7 Å². The van der Waals surface area contributed by atoms with Gasteiger partial charge in [0.1, 0.15) is 5.76 Å².